The molecule has 3 rings (SSSR count). The number of esters is 1. The van der Waals surface area contributed by atoms with Gasteiger partial charge in [0.2, 0.25) is 0 Å². The second-order valence-electron chi connectivity index (χ2n) is 7.32. The molecule has 0 spiro atoms. The van der Waals surface area contributed by atoms with Crippen LogP contribution in [0.15, 0.2) is 42.5 Å². The Morgan fingerprint density at radius 3 is 2.81 bits per heavy atom. The highest BCUT2D eigenvalue weighted by Gasteiger charge is 2.21. The summed E-state index contributed by atoms with van der Waals surface area (Å²) in [6, 6.07) is 12.2. The number of halogens is 2. The molecule has 2 aromatic carbocycles. The molecule has 1 amide bonds. The highest BCUT2D eigenvalue weighted by Crippen LogP contribution is 2.23. The number of rotatable bonds is 9. The molecular formula is C23H26Cl2N2O5. The number of carbonyl (C=O) groups excluding carboxylic acids is 2. The maximum atomic E-state index is 12.2. The third kappa shape index (κ3) is 7.38. The Hall–Kier alpha value is -2.32. The number of morpholine rings is 1. The van der Waals surface area contributed by atoms with Crippen LogP contribution in [0.2, 0.25) is 10.0 Å². The van der Waals surface area contributed by atoms with Crippen LogP contribution in [0.5, 0.6) is 5.75 Å². The number of amides is 1. The third-order valence-corrected chi connectivity index (χ3v) is 5.59. The summed E-state index contributed by atoms with van der Waals surface area (Å²) in [5, 5.41) is 3.91. The molecule has 32 heavy (non-hydrogen) atoms. The lowest BCUT2D eigenvalue weighted by Gasteiger charge is -2.33. The van der Waals surface area contributed by atoms with Crippen molar-refractivity contribution in [3.8, 4) is 5.75 Å². The topological polar surface area (TPSA) is 77.1 Å². The van der Waals surface area contributed by atoms with E-state index < -0.39 is 5.97 Å². The van der Waals surface area contributed by atoms with Gasteiger partial charge in [-0.1, -0.05) is 35.3 Å². The molecule has 1 heterocycles. The zero-order valence-corrected chi connectivity index (χ0v) is 19.3. The molecule has 0 bridgehead atoms. The Labute approximate surface area is 197 Å². The Morgan fingerprint density at radius 1 is 1.19 bits per heavy atom. The second kappa shape index (κ2) is 12.1. The Balaban J connectivity index is 1.42. The molecule has 2 aromatic rings. The van der Waals surface area contributed by atoms with Crippen LogP contribution in [0.3, 0.4) is 0 Å². The maximum absolute atomic E-state index is 12.2. The Bertz CT molecular complexity index is 940. The lowest BCUT2D eigenvalue weighted by Crippen LogP contribution is -2.47. The monoisotopic (exact) mass is 480 g/mol. The van der Waals surface area contributed by atoms with Gasteiger partial charge in [0.1, 0.15) is 5.75 Å². The normalized spacial score (nSPS) is 16.4. The highest BCUT2D eigenvalue weighted by molar-refractivity contribution is 6.42. The van der Waals surface area contributed by atoms with Gasteiger partial charge in [-0.15, -0.1) is 0 Å². The number of nitrogens with zero attached hydrogens (tertiary/aromatic N) is 1. The van der Waals surface area contributed by atoms with Crippen LogP contribution in [-0.4, -0.2) is 62.3 Å². The van der Waals surface area contributed by atoms with Gasteiger partial charge in [-0.3, -0.25) is 9.69 Å². The molecule has 1 N–H and O–H groups in total. The maximum Gasteiger partial charge on any atom is 0.338 e. The van der Waals surface area contributed by atoms with Gasteiger partial charge in [-0.05, 0) is 42.8 Å². The van der Waals surface area contributed by atoms with Crippen LogP contribution in [0.25, 0.3) is 0 Å². The van der Waals surface area contributed by atoms with Gasteiger partial charge in [-0.2, -0.15) is 0 Å². The summed E-state index contributed by atoms with van der Waals surface area (Å²) in [5.41, 5.74) is 1.45. The van der Waals surface area contributed by atoms with Crippen molar-refractivity contribution in [1.82, 2.24) is 10.2 Å². The first-order valence-electron chi connectivity index (χ1n) is 10.4. The number of hydrogen-bond donors (Lipinski definition) is 1. The van der Waals surface area contributed by atoms with E-state index in [1.54, 1.807) is 37.3 Å². The van der Waals surface area contributed by atoms with Crippen LogP contribution >= 0.6 is 23.2 Å². The summed E-state index contributed by atoms with van der Waals surface area (Å²) < 4.78 is 16.2. The van der Waals surface area contributed by atoms with Crippen LogP contribution in [0.1, 0.15) is 22.8 Å². The number of nitrogens with one attached hydrogen (secondary N) is 1. The molecule has 0 radical (unpaired) electrons. The van der Waals surface area contributed by atoms with Gasteiger partial charge in [0.25, 0.3) is 5.91 Å². The van der Waals surface area contributed by atoms with Crippen LogP contribution in [0.4, 0.5) is 0 Å². The summed E-state index contributed by atoms with van der Waals surface area (Å²) in [6.45, 7) is 5.04. The van der Waals surface area contributed by atoms with Crippen LogP contribution in [-0.2, 0) is 20.8 Å². The largest absolute Gasteiger partial charge is 0.484 e. The number of benzene rings is 2. The lowest BCUT2D eigenvalue weighted by atomic mass is 10.2. The van der Waals surface area contributed by atoms with Gasteiger partial charge in [0.05, 0.1) is 34.9 Å². The fraction of sp³-hybridized carbons (Fsp3) is 0.391. The molecule has 0 saturated carbocycles. The first-order valence-corrected chi connectivity index (χ1v) is 11.1. The molecule has 0 aliphatic carbocycles. The molecule has 0 unspecified atom stereocenters. The minimum Gasteiger partial charge on any atom is -0.484 e. The SMILES string of the molecule is CCOC(=O)c1cccc(OCC(=O)NC[C@H]2CN(Cc3ccc(Cl)c(Cl)c3)CCO2)c1. The quantitative estimate of drug-likeness (QED) is 0.552. The Kier molecular flexibility index (Phi) is 9.17. The number of carbonyl (C=O) groups is 2. The molecule has 9 heteroatoms. The minimum atomic E-state index is -0.428. The van der Waals surface area contributed by atoms with Gasteiger partial charge >= 0.3 is 5.97 Å². The molecule has 0 aromatic heterocycles. The van der Waals surface area contributed by atoms with Crippen molar-refractivity contribution in [3.63, 3.8) is 0 Å². The molecular weight excluding hydrogens is 455 g/mol. The molecule has 7 nitrogen and oxygen atoms in total. The molecule has 1 aliphatic rings. The van der Waals surface area contributed by atoms with Crippen molar-refractivity contribution in [2.75, 3.05) is 39.5 Å². The van der Waals surface area contributed by atoms with Gasteiger partial charge in [-0.25, -0.2) is 4.79 Å². The van der Waals surface area contributed by atoms with E-state index in [2.05, 4.69) is 10.2 Å². The zero-order valence-electron chi connectivity index (χ0n) is 17.8. The summed E-state index contributed by atoms with van der Waals surface area (Å²) in [6.07, 6.45) is -0.123. The summed E-state index contributed by atoms with van der Waals surface area (Å²) in [4.78, 5) is 26.2. The van der Waals surface area contributed by atoms with Crippen molar-refractivity contribution in [2.24, 2.45) is 0 Å². The van der Waals surface area contributed by atoms with Crippen molar-refractivity contribution < 1.29 is 23.8 Å². The summed E-state index contributed by atoms with van der Waals surface area (Å²) in [5.74, 6) is -0.272. The lowest BCUT2D eigenvalue weighted by molar-refractivity contribution is -0.124. The van der Waals surface area contributed by atoms with Gasteiger partial charge in [0.15, 0.2) is 6.61 Å². The van der Waals surface area contributed by atoms with Crippen molar-refractivity contribution in [2.45, 2.75) is 19.6 Å². The average molecular weight is 481 g/mol. The fourth-order valence-corrected chi connectivity index (χ4v) is 3.62. The van der Waals surface area contributed by atoms with Crippen molar-refractivity contribution >= 4 is 35.1 Å². The van der Waals surface area contributed by atoms with E-state index in [1.807, 2.05) is 12.1 Å². The highest BCUT2D eigenvalue weighted by atomic mass is 35.5. The van der Waals surface area contributed by atoms with E-state index in [4.69, 9.17) is 37.4 Å². The molecule has 1 fully saturated rings. The predicted octanol–water partition coefficient (Wildman–Crippen LogP) is 3.57. The Morgan fingerprint density at radius 2 is 2.03 bits per heavy atom. The van der Waals surface area contributed by atoms with Gasteiger partial charge < -0.3 is 19.5 Å². The van der Waals surface area contributed by atoms with E-state index in [0.29, 0.717) is 47.7 Å². The smallest absolute Gasteiger partial charge is 0.338 e. The average Bonchev–Trinajstić information content (AvgIpc) is 2.79. The van der Waals surface area contributed by atoms with E-state index in [-0.39, 0.29) is 18.6 Å². The van der Waals surface area contributed by atoms with E-state index in [1.165, 1.54) is 0 Å². The van der Waals surface area contributed by atoms with Crippen LogP contribution < -0.4 is 10.1 Å². The van der Waals surface area contributed by atoms with Gasteiger partial charge in [0, 0.05) is 26.2 Å². The first-order chi connectivity index (χ1) is 15.4. The fourth-order valence-electron chi connectivity index (χ4n) is 3.30. The standard InChI is InChI=1S/C23H26Cl2N2O5/c1-2-30-23(29)17-4-3-5-18(11-17)32-15-22(28)26-12-19-14-27(8-9-31-19)13-16-6-7-20(24)21(25)10-16/h3-7,10-11,19H,2,8-9,12-15H2,1H3,(H,26,28)/t19-/m0/s1. The molecule has 1 atom stereocenters. The third-order valence-electron chi connectivity index (χ3n) is 4.86. The molecule has 1 saturated heterocycles. The van der Waals surface area contributed by atoms with E-state index in [9.17, 15) is 9.59 Å². The number of hydrogen-bond acceptors (Lipinski definition) is 6. The first kappa shape index (κ1) is 24.3. The van der Waals surface area contributed by atoms with Crippen molar-refractivity contribution in [3.05, 3.63) is 63.6 Å². The predicted molar refractivity (Wildman–Crippen MR) is 122 cm³/mol. The second-order valence-corrected chi connectivity index (χ2v) is 8.13. The minimum absolute atomic E-state index is 0.123. The summed E-state index contributed by atoms with van der Waals surface area (Å²) in [7, 11) is 0. The number of ether oxygens (including phenoxy) is 3. The molecule has 172 valence electrons. The van der Waals surface area contributed by atoms with Crippen molar-refractivity contribution in [1.29, 1.82) is 0 Å². The zero-order chi connectivity index (χ0) is 22.9. The van der Waals surface area contributed by atoms with E-state index >= 15 is 0 Å². The summed E-state index contributed by atoms with van der Waals surface area (Å²) >= 11 is 12.1. The molecule has 1 aliphatic heterocycles. The van der Waals surface area contributed by atoms with E-state index in [0.717, 1.165) is 18.7 Å². The van der Waals surface area contributed by atoms with Crippen LogP contribution in [0, 0.1) is 0 Å².